The third-order valence-corrected chi connectivity index (χ3v) is 7.50. The number of aliphatic hydroxyl groups is 1. The fourth-order valence-electron chi connectivity index (χ4n) is 3.65. The summed E-state index contributed by atoms with van der Waals surface area (Å²) in [6, 6.07) is 10.0. The van der Waals surface area contributed by atoms with E-state index in [1.807, 2.05) is 19.6 Å². The van der Waals surface area contributed by atoms with Crippen LogP contribution in [0.4, 0.5) is 14.9 Å². The van der Waals surface area contributed by atoms with Gasteiger partial charge in [-0.05, 0) is 41.4 Å². The van der Waals surface area contributed by atoms with Crippen LogP contribution in [-0.2, 0) is 4.79 Å². The first kappa shape index (κ1) is 23.7. The Morgan fingerprint density at radius 2 is 1.88 bits per heavy atom. The number of methoxy groups -OCH3 is 1. The summed E-state index contributed by atoms with van der Waals surface area (Å²) in [6.45, 7) is 6.77. The zero-order chi connectivity index (χ0) is 23.5. The van der Waals surface area contributed by atoms with Crippen LogP contribution in [0.1, 0.15) is 18.0 Å². The fourth-order valence-corrected chi connectivity index (χ4v) is 5.03. The molecule has 0 saturated carbocycles. The van der Waals surface area contributed by atoms with Gasteiger partial charge in [0.05, 0.1) is 21.3 Å². The highest BCUT2D eigenvalue weighted by molar-refractivity contribution is 6.88. The summed E-state index contributed by atoms with van der Waals surface area (Å²) in [5.74, 6) is -0.229. The van der Waals surface area contributed by atoms with Gasteiger partial charge < -0.3 is 25.4 Å². The number of ether oxygens (including phenoxy) is 1. The molecule has 1 fully saturated rings. The molecule has 9 heteroatoms. The van der Waals surface area contributed by atoms with Crippen LogP contribution < -0.4 is 20.6 Å². The van der Waals surface area contributed by atoms with E-state index in [1.54, 1.807) is 36.4 Å². The Hall–Kier alpha value is -2.91. The van der Waals surface area contributed by atoms with Crippen LogP contribution in [-0.4, -0.2) is 56.3 Å². The number of urea groups is 1. The molecule has 2 atom stereocenters. The van der Waals surface area contributed by atoms with Crippen LogP contribution in [0.15, 0.2) is 42.5 Å². The maximum atomic E-state index is 14.6. The van der Waals surface area contributed by atoms with E-state index in [-0.39, 0.29) is 12.4 Å². The summed E-state index contributed by atoms with van der Waals surface area (Å²) in [7, 11) is -0.309. The standard InChI is InChI=1S/C23H30FN3O4Si/c1-31-18-8-5-15(6-9-18)21(26-23(30)27-12-11-17(28)14-27)22(29)25-16-7-10-20(19(24)13-16)32(2,3)4/h5-10,13,17,21,28H,11-12,14H2,1-4H3,(H,25,29)(H,26,30)/t17-,21-/m1/s1. The summed E-state index contributed by atoms with van der Waals surface area (Å²) in [4.78, 5) is 27.3. The molecular weight excluding hydrogens is 429 g/mol. The van der Waals surface area contributed by atoms with Crippen molar-refractivity contribution in [1.29, 1.82) is 0 Å². The smallest absolute Gasteiger partial charge is 0.318 e. The third-order valence-electron chi connectivity index (χ3n) is 5.47. The molecule has 3 N–H and O–H groups in total. The van der Waals surface area contributed by atoms with Crippen molar-refractivity contribution in [2.45, 2.75) is 38.2 Å². The Morgan fingerprint density at radius 3 is 2.41 bits per heavy atom. The molecule has 0 bridgehead atoms. The van der Waals surface area contributed by atoms with E-state index >= 15 is 0 Å². The van der Waals surface area contributed by atoms with Gasteiger partial charge in [0, 0.05) is 18.8 Å². The topological polar surface area (TPSA) is 90.9 Å². The highest BCUT2D eigenvalue weighted by Crippen LogP contribution is 2.21. The number of nitrogens with one attached hydrogen (secondary N) is 2. The van der Waals surface area contributed by atoms with Crippen LogP contribution in [0.3, 0.4) is 0 Å². The summed E-state index contributed by atoms with van der Waals surface area (Å²) in [5, 5.41) is 15.9. The maximum absolute atomic E-state index is 14.6. The van der Waals surface area contributed by atoms with Crippen molar-refractivity contribution in [3.63, 3.8) is 0 Å². The molecule has 1 aliphatic heterocycles. The van der Waals surface area contributed by atoms with Crippen LogP contribution in [0, 0.1) is 5.82 Å². The monoisotopic (exact) mass is 459 g/mol. The molecule has 0 unspecified atom stereocenters. The molecule has 0 aromatic heterocycles. The molecule has 3 amide bonds. The van der Waals surface area contributed by atoms with E-state index < -0.39 is 32.2 Å². The lowest BCUT2D eigenvalue weighted by Crippen LogP contribution is -2.44. The molecule has 1 heterocycles. The Morgan fingerprint density at radius 1 is 1.19 bits per heavy atom. The SMILES string of the molecule is COc1ccc([C@@H](NC(=O)N2CC[C@@H](O)C2)C(=O)Nc2ccc([Si](C)(C)C)c(F)c2)cc1. The molecule has 1 aliphatic rings. The Balaban J connectivity index is 1.82. The van der Waals surface area contributed by atoms with Gasteiger partial charge in [0.25, 0.3) is 5.91 Å². The summed E-state index contributed by atoms with van der Waals surface area (Å²) < 4.78 is 19.8. The van der Waals surface area contributed by atoms with Crippen molar-refractivity contribution < 1.29 is 23.8 Å². The van der Waals surface area contributed by atoms with E-state index in [0.717, 1.165) is 0 Å². The van der Waals surface area contributed by atoms with Crippen molar-refractivity contribution in [3.05, 3.63) is 53.8 Å². The summed E-state index contributed by atoms with van der Waals surface area (Å²) in [5.41, 5.74) is 0.870. The molecule has 0 radical (unpaired) electrons. The van der Waals surface area contributed by atoms with Gasteiger partial charge in [0.1, 0.15) is 17.6 Å². The number of carbonyl (C=O) groups is 2. The van der Waals surface area contributed by atoms with Crippen molar-refractivity contribution in [2.24, 2.45) is 0 Å². The molecule has 1 saturated heterocycles. The van der Waals surface area contributed by atoms with Crippen molar-refractivity contribution >= 4 is 30.9 Å². The number of amides is 3. The first-order valence-electron chi connectivity index (χ1n) is 10.6. The highest BCUT2D eigenvalue weighted by Gasteiger charge is 2.30. The van der Waals surface area contributed by atoms with Crippen molar-refractivity contribution in [3.8, 4) is 5.75 Å². The number of hydrogen-bond donors (Lipinski definition) is 3. The fraction of sp³-hybridized carbons (Fsp3) is 0.391. The van der Waals surface area contributed by atoms with Crippen molar-refractivity contribution in [1.82, 2.24) is 10.2 Å². The average molecular weight is 460 g/mol. The second-order valence-electron chi connectivity index (χ2n) is 8.98. The van der Waals surface area contributed by atoms with Gasteiger partial charge in [-0.1, -0.05) is 37.8 Å². The molecule has 7 nitrogen and oxygen atoms in total. The van der Waals surface area contributed by atoms with Gasteiger partial charge in [-0.3, -0.25) is 4.79 Å². The Bertz CT molecular complexity index is 978. The molecule has 3 rings (SSSR count). The van der Waals surface area contributed by atoms with E-state index in [4.69, 9.17) is 4.74 Å². The summed E-state index contributed by atoms with van der Waals surface area (Å²) in [6.07, 6.45) is -0.0721. The minimum atomic E-state index is -1.85. The average Bonchev–Trinajstić information content (AvgIpc) is 3.17. The van der Waals surface area contributed by atoms with Gasteiger partial charge in [0.2, 0.25) is 0 Å². The second-order valence-corrected chi connectivity index (χ2v) is 14.0. The van der Waals surface area contributed by atoms with Crippen molar-refractivity contribution in [2.75, 3.05) is 25.5 Å². The Labute approximate surface area is 188 Å². The van der Waals surface area contributed by atoms with Crippen LogP contribution in [0.25, 0.3) is 0 Å². The predicted molar refractivity (Wildman–Crippen MR) is 124 cm³/mol. The van der Waals surface area contributed by atoms with Gasteiger partial charge in [-0.15, -0.1) is 0 Å². The maximum Gasteiger partial charge on any atom is 0.318 e. The van der Waals surface area contributed by atoms with Crippen LogP contribution in [0.5, 0.6) is 5.75 Å². The molecular formula is C23H30FN3O4Si. The minimum absolute atomic E-state index is 0.214. The zero-order valence-electron chi connectivity index (χ0n) is 18.8. The molecule has 0 spiro atoms. The van der Waals surface area contributed by atoms with E-state index in [0.29, 0.717) is 35.2 Å². The lowest BCUT2D eigenvalue weighted by Gasteiger charge is -2.23. The van der Waals surface area contributed by atoms with E-state index in [1.165, 1.54) is 18.1 Å². The highest BCUT2D eigenvalue weighted by atomic mass is 28.3. The number of aliphatic hydroxyl groups excluding tert-OH is 1. The largest absolute Gasteiger partial charge is 0.497 e. The van der Waals surface area contributed by atoms with E-state index in [9.17, 15) is 19.1 Å². The quantitative estimate of drug-likeness (QED) is 0.580. The first-order valence-corrected chi connectivity index (χ1v) is 14.1. The van der Waals surface area contributed by atoms with Gasteiger partial charge in [0.15, 0.2) is 0 Å². The lowest BCUT2D eigenvalue weighted by atomic mass is 10.1. The summed E-state index contributed by atoms with van der Waals surface area (Å²) >= 11 is 0. The Kier molecular flexibility index (Phi) is 7.20. The number of benzene rings is 2. The molecule has 0 aliphatic carbocycles. The number of anilines is 1. The lowest BCUT2D eigenvalue weighted by molar-refractivity contribution is -0.118. The first-order chi connectivity index (χ1) is 15.1. The molecule has 2 aromatic rings. The zero-order valence-corrected chi connectivity index (χ0v) is 19.8. The second kappa shape index (κ2) is 9.70. The normalized spacial score (nSPS) is 17.1. The number of halogens is 1. The number of nitrogens with zero attached hydrogens (tertiary/aromatic N) is 1. The molecule has 2 aromatic carbocycles. The van der Waals surface area contributed by atoms with Gasteiger partial charge in [-0.2, -0.15) is 0 Å². The van der Waals surface area contributed by atoms with Crippen LogP contribution >= 0.6 is 0 Å². The number of carbonyl (C=O) groups excluding carboxylic acids is 2. The minimum Gasteiger partial charge on any atom is -0.497 e. The number of hydrogen-bond acceptors (Lipinski definition) is 4. The third kappa shape index (κ3) is 5.66. The number of likely N-dealkylation sites (tertiary alicyclic amines) is 1. The number of rotatable bonds is 6. The predicted octanol–water partition coefficient (Wildman–Crippen LogP) is 2.84. The number of β-amino-alcohol motifs (C(OH)–C–C–N with tert-alkyl or cyclic N) is 1. The molecule has 172 valence electrons. The van der Waals surface area contributed by atoms with Gasteiger partial charge in [-0.25, -0.2) is 9.18 Å². The van der Waals surface area contributed by atoms with Gasteiger partial charge >= 0.3 is 6.03 Å². The molecule has 32 heavy (non-hydrogen) atoms. The van der Waals surface area contributed by atoms with Crippen LogP contribution in [0.2, 0.25) is 19.6 Å². The van der Waals surface area contributed by atoms with E-state index in [2.05, 4.69) is 10.6 Å².